The predicted molar refractivity (Wildman–Crippen MR) is 135 cm³/mol. The number of alkyl halides is 3. The summed E-state index contributed by atoms with van der Waals surface area (Å²) < 4.78 is 79.9. The summed E-state index contributed by atoms with van der Waals surface area (Å²) >= 11 is 11.7. The fraction of sp³-hybridized carbons (Fsp3) is 0.130. The molecule has 0 N–H and O–H groups in total. The number of nitriles is 1. The van der Waals surface area contributed by atoms with Crippen molar-refractivity contribution in [2.24, 2.45) is 7.05 Å². The van der Waals surface area contributed by atoms with E-state index >= 15 is 0 Å². The molecule has 39 heavy (non-hydrogen) atoms. The van der Waals surface area contributed by atoms with Gasteiger partial charge in [0.25, 0.3) is 11.5 Å². The number of hydrogen-bond donors (Lipinski definition) is 0. The smallest absolute Gasteiger partial charge is 0.292 e. The highest BCUT2D eigenvalue weighted by molar-refractivity contribution is 7.92. The van der Waals surface area contributed by atoms with Crippen LogP contribution in [0.2, 0.25) is 10.0 Å². The van der Waals surface area contributed by atoms with Crippen molar-refractivity contribution in [3.05, 3.63) is 96.0 Å². The minimum Gasteiger partial charge on any atom is -0.292 e. The molecule has 16 heteroatoms. The number of carbonyl (C=O) groups excluding carboxylic acids is 1. The van der Waals surface area contributed by atoms with Crippen molar-refractivity contribution in [2.75, 3.05) is 10.6 Å². The number of carbonyl (C=O) groups is 1. The van der Waals surface area contributed by atoms with Gasteiger partial charge in [0.1, 0.15) is 17.6 Å². The zero-order valence-electron chi connectivity index (χ0n) is 19.6. The molecular weight excluding hydrogens is 591 g/mol. The van der Waals surface area contributed by atoms with Gasteiger partial charge < -0.3 is 0 Å². The standard InChI is InChI=1S/C23H14Cl2F4N4O5S/c1-31-19(23(27,28)29)10-21(35)32(22(31)36)18-9-17(13(11-30)8-16(18)26)33(39(2,37)38)20(34)6-4-12-3-5-14(24)15(25)7-12/h3-10H,1-2H3/b6-4+. The molecule has 0 bridgehead atoms. The van der Waals surface area contributed by atoms with Gasteiger partial charge in [0, 0.05) is 19.2 Å². The van der Waals surface area contributed by atoms with Crippen LogP contribution in [-0.2, 0) is 28.0 Å². The van der Waals surface area contributed by atoms with E-state index in [4.69, 9.17) is 23.2 Å². The van der Waals surface area contributed by atoms with E-state index in [0.717, 1.165) is 12.2 Å². The summed E-state index contributed by atoms with van der Waals surface area (Å²) in [4.78, 5) is 38.1. The first-order valence-electron chi connectivity index (χ1n) is 10.3. The Hall–Kier alpha value is -3.93. The number of rotatable bonds is 5. The average Bonchev–Trinajstić information content (AvgIpc) is 2.82. The van der Waals surface area contributed by atoms with E-state index in [1.54, 1.807) is 0 Å². The van der Waals surface area contributed by atoms with Crippen LogP contribution < -0.4 is 15.6 Å². The molecule has 3 rings (SSSR count). The second-order valence-corrected chi connectivity index (χ2v) is 10.5. The van der Waals surface area contributed by atoms with Crippen molar-refractivity contribution in [1.82, 2.24) is 9.13 Å². The third-order valence-corrected chi connectivity index (χ3v) is 6.93. The van der Waals surface area contributed by atoms with E-state index in [9.17, 15) is 45.6 Å². The summed E-state index contributed by atoms with van der Waals surface area (Å²) in [6.07, 6.45) is -2.56. The van der Waals surface area contributed by atoms with Gasteiger partial charge in [-0.3, -0.25) is 14.2 Å². The van der Waals surface area contributed by atoms with Crippen molar-refractivity contribution >= 4 is 50.9 Å². The third kappa shape index (κ3) is 6.06. The summed E-state index contributed by atoms with van der Waals surface area (Å²) in [7, 11) is -3.86. The van der Waals surface area contributed by atoms with E-state index in [1.807, 2.05) is 0 Å². The lowest BCUT2D eigenvalue weighted by molar-refractivity contribution is -0.144. The number of halogens is 6. The van der Waals surface area contributed by atoms with E-state index in [2.05, 4.69) is 0 Å². The second-order valence-electron chi connectivity index (χ2n) is 7.85. The largest absolute Gasteiger partial charge is 0.431 e. The lowest BCUT2D eigenvalue weighted by atomic mass is 10.1. The summed E-state index contributed by atoms with van der Waals surface area (Å²) in [6.45, 7) is 0. The molecule has 0 aliphatic carbocycles. The van der Waals surface area contributed by atoms with Crippen LogP contribution in [0.15, 0.2) is 52.1 Å². The minimum atomic E-state index is -5.10. The second kappa shape index (κ2) is 10.7. The Bertz CT molecular complexity index is 1810. The normalized spacial score (nSPS) is 12.0. The Morgan fingerprint density at radius 2 is 1.74 bits per heavy atom. The molecule has 1 amide bonds. The van der Waals surface area contributed by atoms with E-state index in [1.165, 1.54) is 24.3 Å². The first-order chi connectivity index (χ1) is 18.0. The van der Waals surface area contributed by atoms with Gasteiger partial charge in [-0.2, -0.15) is 18.4 Å². The molecule has 0 fully saturated rings. The van der Waals surface area contributed by atoms with Crippen molar-refractivity contribution in [3.8, 4) is 11.8 Å². The van der Waals surface area contributed by atoms with Gasteiger partial charge in [-0.1, -0.05) is 29.3 Å². The zero-order valence-corrected chi connectivity index (χ0v) is 22.0. The molecule has 9 nitrogen and oxygen atoms in total. The maximum Gasteiger partial charge on any atom is 0.431 e. The van der Waals surface area contributed by atoms with E-state index in [-0.39, 0.29) is 29.6 Å². The highest BCUT2D eigenvalue weighted by Crippen LogP contribution is 2.30. The Labute approximate surface area is 227 Å². The molecule has 0 unspecified atom stereocenters. The van der Waals surface area contributed by atoms with Gasteiger partial charge in [-0.25, -0.2) is 26.5 Å². The fourth-order valence-corrected chi connectivity index (χ4v) is 4.61. The minimum absolute atomic E-state index is 0.00567. The molecule has 204 valence electrons. The lowest BCUT2D eigenvalue weighted by Gasteiger charge is -2.21. The average molecular weight is 605 g/mol. The van der Waals surface area contributed by atoms with Gasteiger partial charge in [-0.05, 0) is 35.9 Å². The van der Waals surface area contributed by atoms with Crippen LogP contribution in [0.1, 0.15) is 16.8 Å². The maximum atomic E-state index is 15.0. The lowest BCUT2D eigenvalue weighted by Crippen LogP contribution is -2.41. The van der Waals surface area contributed by atoms with Crippen LogP contribution in [0.3, 0.4) is 0 Å². The number of benzene rings is 2. The van der Waals surface area contributed by atoms with Gasteiger partial charge in [0.2, 0.25) is 10.0 Å². The van der Waals surface area contributed by atoms with Crippen molar-refractivity contribution in [1.29, 1.82) is 5.26 Å². The van der Waals surface area contributed by atoms with Crippen LogP contribution in [0.5, 0.6) is 0 Å². The molecule has 0 saturated carbocycles. The first-order valence-corrected chi connectivity index (χ1v) is 12.9. The monoisotopic (exact) mass is 604 g/mol. The van der Waals surface area contributed by atoms with E-state index < -0.39 is 61.8 Å². The molecule has 1 heterocycles. The summed E-state index contributed by atoms with van der Waals surface area (Å²) in [6, 6.07) is 6.72. The summed E-state index contributed by atoms with van der Waals surface area (Å²) in [5, 5.41) is 9.83. The van der Waals surface area contributed by atoms with Crippen LogP contribution in [0.4, 0.5) is 23.2 Å². The quantitative estimate of drug-likeness (QED) is 0.322. The highest BCUT2D eigenvalue weighted by atomic mass is 35.5. The maximum absolute atomic E-state index is 15.0. The van der Waals surface area contributed by atoms with Crippen LogP contribution in [0.25, 0.3) is 11.8 Å². The molecule has 2 aromatic carbocycles. The van der Waals surface area contributed by atoms with Crippen molar-refractivity contribution < 1.29 is 30.8 Å². The molecular formula is C23H14Cl2F4N4O5S. The number of hydrogen-bond acceptors (Lipinski definition) is 6. The molecule has 0 saturated heterocycles. The van der Waals surface area contributed by atoms with Gasteiger partial charge in [-0.15, -0.1) is 0 Å². The van der Waals surface area contributed by atoms with Gasteiger partial charge in [0.15, 0.2) is 0 Å². The number of amides is 1. The Morgan fingerprint density at radius 1 is 1.10 bits per heavy atom. The molecule has 0 radical (unpaired) electrons. The third-order valence-electron chi connectivity index (χ3n) is 5.15. The van der Waals surface area contributed by atoms with Crippen molar-refractivity contribution in [2.45, 2.75) is 6.18 Å². The number of anilines is 1. The molecule has 0 aliphatic rings. The summed E-state index contributed by atoms with van der Waals surface area (Å²) in [5.41, 5.74) is -6.99. The first kappa shape index (κ1) is 29.6. The van der Waals surface area contributed by atoms with Crippen LogP contribution in [-0.4, -0.2) is 29.7 Å². The van der Waals surface area contributed by atoms with Gasteiger partial charge in [0.05, 0.1) is 33.2 Å². The predicted octanol–water partition coefficient (Wildman–Crippen LogP) is 3.88. The highest BCUT2D eigenvalue weighted by Gasteiger charge is 2.35. The molecule has 3 aromatic rings. The Kier molecular flexibility index (Phi) is 8.11. The molecule has 1 aromatic heterocycles. The van der Waals surface area contributed by atoms with Crippen LogP contribution >= 0.6 is 23.2 Å². The number of nitrogens with zero attached hydrogens (tertiary/aromatic N) is 4. The number of aromatic nitrogens is 2. The molecule has 0 atom stereocenters. The number of sulfonamides is 1. The Morgan fingerprint density at radius 3 is 2.28 bits per heavy atom. The van der Waals surface area contributed by atoms with E-state index in [0.29, 0.717) is 31.0 Å². The topological polar surface area (TPSA) is 122 Å². The molecule has 0 aliphatic heterocycles. The molecule has 0 spiro atoms. The zero-order chi connectivity index (χ0) is 29.4. The van der Waals surface area contributed by atoms with Crippen LogP contribution in [0, 0.1) is 17.1 Å². The van der Waals surface area contributed by atoms with Gasteiger partial charge >= 0.3 is 11.9 Å². The summed E-state index contributed by atoms with van der Waals surface area (Å²) in [5.74, 6) is -2.69. The SMILES string of the molecule is Cn1c(C(F)(F)F)cc(=O)n(-c2cc(N(C(=O)/C=C/c3ccc(Cl)c(Cl)c3)S(C)(=O)=O)c(C#N)cc2F)c1=O. The van der Waals surface area contributed by atoms with Crippen molar-refractivity contribution in [3.63, 3.8) is 0 Å². The Balaban J connectivity index is 2.26. The fourth-order valence-electron chi connectivity index (χ4n) is 3.41.